The summed E-state index contributed by atoms with van der Waals surface area (Å²) in [4.78, 5) is 36.0. The summed E-state index contributed by atoms with van der Waals surface area (Å²) >= 11 is 1.42. The highest BCUT2D eigenvalue weighted by Gasteiger charge is 2.12. The Morgan fingerprint density at radius 2 is 1.77 bits per heavy atom. The molecule has 0 aliphatic carbocycles. The minimum absolute atomic E-state index is 0.0867. The second-order valence-electron chi connectivity index (χ2n) is 6.41. The van der Waals surface area contributed by atoms with Crippen LogP contribution in [0.4, 0.5) is 22.0 Å². The number of nitrogens with one attached hydrogen (secondary N) is 2. The van der Waals surface area contributed by atoms with Gasteiger partial charge in [-0.3, -0.25) is 0 Å². The molecular weight excluding hydrogens is 416 g/mol. The van der Waals surface area contributed by atoms with Crippen molar-refractivity contribution in [2.45, 2.75) is 0 Å². The molecule has 154 valence electrons. The summed E-state index contributed by atoms with van der Waals surface area (Å²) in [6.07, 6.45) is 3.00. The third kappa shape index (κ3) is 4.65. The summed E-state index contributed by atoms with van der Waals surface area (Å²) in [5, 5.41) is 17.0. The van der Waals surface area contributed by atoms with E-state index >= 15 is 0 Å². The maximum atomic E-state index is 12.3. The first-order chi connectivity index (χ1) is 15.0. The molecule has 0 radical (unpaired) electrons. The van der Waals surface area contributed by atoms with Crippen LogP contribution in [0.5, 0.6) is 0 Å². The number of nitrogens with two attached hydrogens (primary N) is 1. The van der Waals surface area contributed by atoms with E-state index in [-0.39, 0.29) is 5.56 Å². The van der Waals surface area contributed by atoms with Crippen LogP contribution in [0.2, 0.25) is 0 Å². The Morgan fingerprint density at radius 3 is 2.52 bits per heavy atom. The molecular formula is C21H16N6O3S. The van der Waals surface area contributed by atoms with E-state index in [1.165, 1.54) is 29.8 Å². The number of amides is 2. The van der Waals surface area contributed by atoms with Crippen LogP contribution in [0.1, 0.15) is 10.4 Å². The fourth-order valence-electron chi connectivity index (χ4n) is 2.81. The van der Waals surface area contributed by atoms with Crippen LogP contribution in [0.3, 0.4) is 0 Å². The highest BCUT2D eigenvalue weighted by Crippen LogP contribution is 2.31. The van der Waals surface area contributed by atoms with E-state index in [1.807, 2.05) is 11.4 Å². The van der Waals surface area contributed by atoms with Crippen molar-refractivity contribution < 1.29 is 14.7 Å². The first-order valence-corrected chi connectivity index (χ1v) is 9.91. The summed E-state index contributed by atoms with van der Waals surface area (Å²) in [6, 6.07) is 12.7. The number of hydrogen-bond acceptors (Lipinski definition) is 7. The first-order valence-electron chi connectivity index (χ1n) is 9.03. The molecule has 0 aliphatic heterocycles. The third-order valence-electron chi connectivity index (χ3n) is 4.26. The Morgan fingerprint density at radius 1 is 1.03 bits per heavy atom. The Balaban J connectivity index is 1.49. The molecule has 2 amide bonds. The van der Waals surface area contributed by atoms with Crippen molar-refractivity contribution >= 4 is 40.5 Å². The van der Waals surface area contributed by atoms with Crippen molar-refractivity contribution in [1.29, 1.82) is 0 Å². The molecule has 31 heavy (non-hydrogen) atoms. The highest BCUT2D eigenvalue weighted by atomic mass is 32.1. The van der Waals surface area contributed by atoms with Gasteiger partial charge in [-0.25, -0.2) is 24.5 Å². The Kier molecular flexibility index (Phi) is 5.54. The van der Waals surface area contributed by atoms with Crippen LogP contribution in [-0.2, 0) is 0 Å². The van der Waals surface area contributed by atoms with Crippen LogP contribution in [-0.4, -0.2) is 32.1 Å². The zero-order chi connectivity index (χ0) is 21.8. The number of hydrogen-bond donors (Lipinski definition) is 4. The average molecular weight is 432 g/mol. The van der Waals surface area contributed by atoms with Crippen LogP contribution in [0, 0.1) is 0 Å². The Bertz CT molecular complexity index is 1270. The van der Waals surface area contributed by atoms with E-state index in [4.69, 9.17) is 10.8 Å². The molecule has 0 spiro atoms. The molecule has 9 nitrogen and oxygen atoms in total. The third-order valence-corrected chi connectivity index (χ3v) is 5.14. The van der Waals surface area contributed by atoms with Gasteiger partial charge in [0.15, 0.2) is 0 Å². The van der Waals surface area contributed by atoms with Crippen molar-refractivity contribution in [1.82, 2.24) is 15.0 Å². The topological polar surface area (TPSA) is 143 Å². The number of carbonyl (C=O) groups is 2. The fourth-order valence-corrected chi connectivity index (χ4v) is 3.66. The normalized spacial score (nSPS) is 10.5. The number of thiazole rings is 1. The van der Waals surface area contributed by atoms with Gasteiger partial charge in [-0.2, -0.15) is 0 Å². The zero-order valence-corrected chi connectivity index (χ0v) is 16.8. The lowest BCUT2D eigenvalue weighted by molar-refractivity contribution is 0.0697. The van der Waals surface area contributed by atoms with Gasteiger partial charge in [0, 0.05) is 28.5 Å². The minimum atomic E-state index is -1.07. The molecule has 4 aromatic rings. The number of carboxylic acids is 1. The maximum absolute atomic E-state index is 12.3. The number of carboxylic acid groups (broad SMARTS) is 1. The number of rotatable bonds is 5. The van der Waals surface area contributed by atoms with Gasteiger partial charge in [-0.05, 0) is 30.3 Å². The van der Waals surface area contributed by atoms with E-state index in [0.29, 0.717) is 27.8 Å². The van der Waals surface area contributed by atoms with Crippen LogP contribution < -0.4 is 16.4 Å². The monoisotopic (exact) mass is 432 g/mol. The number of nitrogen functional groups attached to an aromatic ring is 1. The standard InChI is InChI=1S/C21H16N6O3S/c22-18-16(9-23-11-24-18)19-27-17(10-31-19)12-3-1-5-14(7-12)25-21(30)26-15-6-2-4-13(8-15)20(28)29/h1-11H,(H,28,29)(H2,22,23,24)(H2,25,26,30). The van der Waals surface area contributed by atoms with Gasteiger partial charge >= 0.3 is 12.0 Å². The lowest BCUT2D eigenvalue weighted by atomic mass is 10.1. The van der Waals surface area contributed by atoms with E-state index in [9.17, 15) is 9.59 Å². The zero-order valence-electron chi connectivity index (χ0n) is 15.9. The highest BCUT2D eigenvalue weighted by molar-refractivity contribution is 7.13. The quantitative estimate of drug-likeness (QED) is 0.370. The molecule has 5 N–H and O–H groups in total. The second-order valence-corrected chi connectivity index (χ2v) is 7.26. The van der Waals surface area contributed by atoms with Crippen molar-refractivity contribution in [3.05, 3.63) is 72.0 Å². The lowest BCUT2D eigenvalue weighted by Crippen LogP contribution is -2.19. The molecule has 2 aromatic carbocycles. The maximum Gasteiger partial charge on any atom is 0.335 e. The van der Waals surface area contributed by atoms with Crippen molar-refractivity contribution in [3.8, 4) is 21.8 Å². The van der Waals surface area contributed by atoms with Crippen molar-refractivity contribution in [3.63, 3.8) is 0 Å². The van der Waals surface area contributed by atoms with Gasteiger partial charge in [0.1, 0.15) is 17.2 Å². The summed E-state index contributed by atoms with van der Waals surface area (Å²) in [7, 11) is 0. The van der Waals surface area contributed by atoms with Crippen LogP contribution in [0.15, 0.2) is 66.4 Å². The predicted octanol–water partition coefficient (Wildman–Crippen LogP) is 4.19. The lowest BCUT2D eigenvalue weighted by Gasteiger charge is -2.09. The predicted molar refractivity (Wildman–Crippen MR) is 119 cm³/mol. The minimum Gasteiger partial charge on any atom is -0.478 e. The smallest absolute Gasteiger partial charge is 0.335 e. The van der Waals surface area contributed by atoms with Gasteiger partial charge < -0.3 is 21.5 Å². The Labute approximate surface area is 180 Å². The molecule has 0 fully saturated rings. The number of carbonyl (C=O) groups excluding carboxylic acids is 1. The van der Waals surface area contributed by atoms with Crippen molar-refractivity contribution in [2.24, 2.45) is 0 Å². The fraction of sp³-hybridized carbons (Fsp3) is 0. The first kappa shape index (κ1) is 20.0. The number of urea groups is 1. The molecule has 2 heterocycles. The molecule has 0 atom stereocenters. The molecule has 0 saturated heterocycles. The van der Waals surface area contributed by atoms with Gasteiger partial charge in [0.2, 0.25) is 0 Å². The average Bonchev–Trinajstić information content (AvgIpc) is 3.24. The summed E-state index contributed by atoms with van der Waals surface area (Å²) in [6.45, 7) is 0. The largest absolute Gasteiger partial charge is 0.478 e. The molecule has 0 unspecified atom stereocenters. The molecule has 4 rings (SSSR count). The van der Waals surface area contributed by atoms with Crippen molar-refractivity contribution in [2.75, 3.05) is 16.4 Å². The number of aromatic carboxylic acids is 1. The van der Waals surface area contributed by atoms with E-state index in [1.54, 1.807) is 36.5 Å². The van der Waals surface area contributed by atoms with Gasteiger partial charge in [-0.1, -0.05) is 18.2 Å². The molecule has 0 bridgehead atoms. The van der Waals surface area contributed by atoms with E-state index < -0.39 is 12.0 Å². The summed E-state index contributed by atoms with van der Waals surface area (Å²) in [5.41, 5.74) is 9.11. The number of nitrogens with zero attached hydrogens (tertiary/aromatic N) is 3. The molecule has 2 aromatic heterocycles. The summed E-state index contributed by atoms with van der Waals surface area (Å²) < 4.78 is 0. The van der Waals surface area contributed by atoms with Gasteiger partial charge in [-0.15, -0.1) is 11.3 Å². The van der Waals surface area contributed by atoms with E-state index in [0.717, 1.165) is 11.3 Å². The number of benzene rings is 2. The van der Waals surface area contributed by atoms with E-state index in [2.05, 4.69) is 25.6 Å². The van der Waals surface area contributed by atoms with Crippen LogP contribution in [0.25, 0.3) is 21.8 Å². The SMILES string of the molecule is Nc1ncncc1-c1nc(-c2cccc(NC(=O)Nc3cccc(C(=O)O)c3)c2)cs1. The number of anilines is 3. The van der Waals surface area contributed by atoms with Crippen LogP contribution >= 0.6 is 11.3 Å². The Hall–Kier alpha value is -4.31. The second kappa shape index (κ2) is 8.59. The molecule has 0 saturated carbocycles. The molecule has 0 aliphatic rings. The molecule has 10 heteroatoms. The number of aromatic nitrogens is 3. The summed E-state index contributed by atoms with van der Waals surface area (Å²) in [5.74, 6) is -0.710. The van der Waals surface area contributed by atoms with Gasteiger partial charge in [0.25, 0.3) is 0 Å². The van der Waals surface area contributed by atoms with Gasteiger partial charge in [0.05, 0.1) is 16.8 Å².